The van der Waals surface area contributed by atoms with E-state index in [9.17, 15) is 4.39 Å². The van der Waals surface area contributed by atoms with Crippen LogP contribution in [0.3, 0.4) is 0 Å². The van der Waals surface area contributed by atoms with Crippen LogP contribution >= 0.6 is 12.6 Å². The molecule has 3 rings (SSSR count). The predicted molar refractivity (Wildman–Crippen MR) is 73.7 cm³/mol. The lowest BCUT2D eigenvalue weighted by Gasteiger charge is -2.34. The van der Waals surface area contributed by atoms with E-state index >= 15 is 0 Å². The van der Waals surface area contributed by atoms with Gasteiger partial charge in [0.2, 0.25) is 5.88 Å². The molecule has 0 spiro atoms. The highest BCUT2D eigenvalue weighted by Gasteiger charge is 2.35. The number of thiol groups is 1. The normalized spacial score (nSPS) is 24.3. The molecule has 0 amide bonds. The summed E-state index contributed by atoms with van der Waals surface area (Å²) in [6, 6.07) is 6.12. The Morgan fingerprint density at radius 1 is 1.45 bits per heavy atom. The number of nitrogens with zero attached hydrogens (tertiary/aromatic N) is 1. The standard InChI is InChI=1S/C13H11FN4OS/c14-5-1-2-8-6(3-5)11(20)9-10(16)7(4-15)12(17)18-13(9)19-8/h1-3,11-12,18,20H,16-17H2. The van der Waals surface area contributed by atoms with Crippen LogP contribution in [0.15, 0.2) is 40.9 Å². The van der Waals surface area contributed by atoms with Gasteiger partial charge >= 0.3 is 0 Å². The van der Waals surface area contributed by atoms with Crippen molar-refractivity contribution >= 4 is 12.6 Å². The summed E-state index contributed by atoms with van der Waals surface area (Å²) < 4.78 is 19.0. The zero-order chi connectivity index (χ0) is 14.4. The molecule has 2 atom stereocenters. The van der Waals surface area contributed by atoms with E-state index in [1.807, 2.05) is 6.07 Å². The molecule has 102 valence electrons. The van der Waals surface area contributed by atoms with E-state index in [1.165, 1.54) is 18.2 Å². The molecule has 5 nitrogen and oxygen atoms in total. The van der Waals surface area contributed by atoms with E-state index in [0.717, 1.165) is 0 Å². The Bertz CT molecular complexity index is 707. The lowest BCUT2D eigenvalue weighted by molar-refractivity contribution is 0.340. The number of nitrogens with one attached hydrogen (secondary N) is 1. The molecule has 0 aromatic heterocycles. The van der Waals surface area contributed by atoms with Gasteiger partial charge in [0.1, 0.15) is 23.8 Å². The van der Waals surface area contributed by atoms with Crippen molar-refractivity contribution in [2.24, 2.45) is 11.5 Å². The van der Waals surface area contributed by atoms with Gasteiger partial charge in [-0.1, -0.05) is 0 Å². The minimum Gasteiger partial charge on any atom is -0.441 e. The average molecular weight is 290 g/mol. The maximum Gasteiger partial charge on any atom is 0.201 e. The molecule has 0 radical (unpaired) electrons. The summed E-state index contributed by atoms with van der Waals surface area (Å²) in [5.74, 6) is 0.449. The topological polar surface area (TPSA) is 97.1 Å². The number of allylic oxidation sites excluding steroid dienone is 1. The molecule has 0 saturated heterocycles. The fourth-order valence-corrected chi connectivity index (χ4v) is 2.76. The first-order valence-electron chi connectivity index (χ1n) is 5.84. The fraction of sp³-hybridized carbons (Fsp3) is 0.154. The summed E-state index contributed by atoms with van der Waals surface area (Å²) in [5.41, 5.74) is 13.3. The quantitative estimate of drug-likeness (QED) is 0.535. The van der Waals surface area contributed by atoms with E-state index in [0.29, 0.717) is 22.8 Å². The molecule has 2 aliphatic rings. The second kappa shape index (κ2) is 4.44. The first-order chi connectivity index (χ1) is 9.52. The molecule has 0 fully saturated rings. The molecule has 0 aliphatic carbocycles. The van der Waals surface area contributed by atoms with Gasteiger partial charge in [-0.15, -0.1) is 0 Å². The summed E-state index contributed by atoms with van der Waals surface area (Å²) in [7, 11) is 0. The first-order valence-corrected chi connectivity index (χ1v) is 6.36. The Morgan fingerprint density at radius 3 is 2.90 bits per heavy atom. The van der Waals surface area contributed by atoms with Crippen molar-refractivity contribution in [3.05, 3.63) is 52.3 Å². The van der Waals surface area contributed by atoms with Gasteiger partial charge in [0.25, 0.3) is 0 Å². The highest BCUT2D eigenvalue weighted by molar-refractivity contribution is 7.80. The van der Waals surface area contributed by atoms with Crippen LogP contribution in [0.5, 0.6) is 5.75 Å². The number of hydrogen-bond donors (Lipinski definition) is 4. The van der Waals surface area contributed by atoms with Crippen LogP contribution in [0.25, 0.3) is 0 Å². The highest BCUT2D eigenvalue weighted by Crippen LogP contribution is 2.44. The van der Waals surface area contributed by atoms with Gasteiger partial charge in [0.15, 0.2) is 0 Å². The van der Waals surface area contributed by atoms with Crippen LogP contribution in [0, 0.1) is 17.1 Å². The second-order valence-corrected chi connectivity index (χ2v) is 5.01. The van der Waals surface area contributed by atoms with Crippen LogP contribution in [-0.2, 0) is 0 Å². The predicted octanol–water partition coefficient (Wildman–Crippen LogP) is 1.02. The zero-order valence-corrected chi connectivity index (χ0v) is 11.1. The molecule has 0 bridgehead atoms. The monoisotopic (exact) mass is 290 g/mol. The van der Waals surface area contributed by atoms with Crippen molar-refractivity contribution in [2.45, 2.75) is 11.4 Å². The SMILES string of the molecule is N#CC1=C(N)C2=C(NC1N)Oc1ccc(F)cc1C2S. The third-order valence-electron chi connectivity index (χ3n) is 3.29. The lowest BCUT2D eigenvalue weighted by Crippen LogP contribution is -2.46. The van der Waals surface area contributed by atoms with Crippen molar-refractivity contribution in [2.75, 3.05) is 0 Å². The van der Waals surface area contributed by atoms with Crippen molar-refractivity contribution in [1.82, 2.24) is 5.32 Å². The first kappa shape index (κ1) is 12.8. The van der Waals surface area contributed by atoms with Gasteiger partial charge in [-0.2, -0.15) is 17.9 Å². The molecule has 2 heterocycles. The van der Waals surface area contributed by atoms with Gasteiger partial charge < -0.3 is 21.5 Å². The minimum atomic E-state index is -0.735. The number of rotatable bonds is 0. The summed E-state index contributed by atoms with van der Waals surface area (Å²) in [5, 5.41) is 11.5. The Morgan fingerprint density at radius 2 is 2.20 bits per heavy atom. The lowest BCUT2D eigenvalue weighted by atomic mass is 9.93. The number of benzene rings is 1. The van der Waals surface area contributed by atoms with E-state index in [2.05, 4.69) is 17.9 Å². The summed E-state index contributed by atoms with van der Waals surface area (Å²) in [6.45, 7) is 0. The third-order valence-corrected chi connectivity index (χ3v) is 3.83. The Hall–Kier alpha value is -2.17. The molecule has 7 heteroatoms. The Labute approximate surface area is 120 Å². The van der Waals surface area contributed by atoms with E-state index < -0.39 is 11.4 Å². The van der Waals surface area contributed by atoms with E-state index in [1.54, 1.807) is 0 Å². The van der Waals surface area contributed by atoms with Crippen LogP contribution in [-0.4, -0.2) is 6.17 Å². The molecular formula is C13H11FN4OS. The van der Waals surface area contributed by atoms with Gasteiger partial charge in [0.05, 0.1) is 22.1 Å². The minimum absolute atomic E-state index is 0.214. The highest BCUT2D eigenvalue weighted by atomic mass is 32.1. The van der Waals surface area contributed by atoms with Crippen molar-refractivity contribution in [1.29, 1.82) is 5.26 Å². The van der Waals surface area contributed by atoms with Crippen molar-refractivity contribution in [3.8, 4) is 11.8 Å². The zero-order valence-electron chi connectivity index (χ0n) is 10.2. The summed E-state index contributed by atoms with van der Waals surface area (Å²) in [4.78, 5) is 0. The number of nitrogens with two attached hydrogens (primary N) is 2. The van der Waals surface area contributed by atoms with Gasteiger partial charge in [-0.3, -0.25) is 0 Å². The van der Waals surface area contributed by atoms with E-state index in [4.69, 9.17) is 21.5 Å². The molecule has 2 unspecified atom stereocenters. The van der Waals surface area contributed by atoms with E-state index in [-0.39, 0.29) is 17.1 Å². The second-order valence-electron chi connectivity index (χ2n) is 4.49. The summed E-state index contributed by atoms with van der Waals surface area (Å²) >= 11 is 4.47. The van der Waals surface area contributed by atoms with Crippen LogP contribution in [0.2, 0.25) is 0 Å². The third kappa shape index (κ3) is 1.73. The average Bonchev–Trinajstić information content (AvgIpc) is 2.40. The number of fused-ring (bicyclic) bond motifs is 1. The Kier molecular flexibility index (Phi) is 2.85. The number of halogens is 1. The summed E-state index contributed by atoms with van der Waals surface area (Å²) in [6.07, 6.45) is -0.735. The Balaban J connectivity index is 2.15. The number of nitriles is 1. The van der Waals surface area contributed by atoms with Crippen molar-refractivity contribution < 1.29 is 9.13 Å². The number of dihydropyridines is 1. The van der Waals surface area contributed by atoms with Gasteiger partial charge in [-0.05, 0) is 18.2 Å². The smallest absolute Gasteiger partial charge is 0.201 e. The molecule has 0 saturated carbocycles. The molecular weight excluding hydrogens is 279 g/mol. The van der Waals surface area contributed by atoms with Gasteiger partial charge in [-0.25, -0.2) is 4.39 Å². The molecule has 5 N–H and O–H groups in total. The maximum absolute atomic E-state index is 13.4. The molecule has 20 heavy (non-hydrogen) atoms. The maximum atomic E-state index is 13.4. The fourth-order valence-electron chi connectivity index (χ4n) is 2.30. The largest absolute Gasteiger partial charge is 0.441 e. The molecule has 1 aromatic carbocycles. The van der Waals surface area contributed by atoms with Crippen LogP contribution in [0.1, 0.15) is 10.8 Å². The molecule has 2 aliphatic heterocycles. The number of ether oxygens (including phenoxy) is 1. The number of hydrogen-bond acceptors (Lipinski definition) is 6. The van der Waals surface area contributed by atoms with Crippen LogP contribution < -0.4 is 21.5 Å². The van der Waals surface area contributed by atoms with Crippen molar-refractivity contribution in [3.63, 3.8) is 0 Å². The van der Waals surface area contributed by atoms with Crippen LogP contribution in [0.4, 0.5) is 4.39 Å². The molecule has 1 aromatic rings. The van der Waals surface area contributed by atoms with Gasteiger partial charge in [0, 0.05) is 5.56 Å².